The number of urea groups is 1. The second kappa shape index (κ2) is 8.43. The Bertz CT molecular complexity index is 465. The molecule has 1 aromatic rings. The van der Waals surface area contributed by atoms with E-state index in [4.69, 9.17) is 16.7 Å². The number of aliphatic carboxylic acids is 1. The monoisotopic (exact) mass is 298 g/mol. The zero-order valence-electron chi connectivity index (χ0n) is 11.4. The van der Waals surface area contributed by atoms with Crippen molar-refractivity contribution in [2.75, 3.05) is 0 Å². The summed E-state index contributed by atoms with van der Waals surface area (Å²) in [7, 11) is 0. The Morgan fingerprint density at radius 1 is 1.40 bits per heavy atom. The summed E-state index contributed by atoms with van der Waals surface area (Å²) in [5.74, 6) is -1.02. The van der Waals surface area contributed by atoms with Gasteiger partial charge < -0.3 is 15.7 Å². The maximum atomic E-state index is 11.7. The Kier molecular flexibility index (Phi) is 6.87. The Balaban J connectivity index is 2.43. The van der Waals surface area contributed by atoms with Gasteiger partial charge in [0.2, 0.25) is 0 Å². The molecule has 1 rings (SSSR count). The predicted molar refractivity (Wildman–Crippen MR) is 77.8 cm³/mol. The molecule has 0 saturated heterocycles. The van der Waals surface area contributed by atoms with Crippen molar-refractivity contribution in [3.8, 4) is 0 Å². The number of carbonyl (C=O) groups is 2. The number of nitrogens with one attached hydrogen (secondary N) is 2. The molecule has 0 aliphatic rings. The average molecular weight is 299 g/mol. The minimum atomic E-state index is -1.02. The van der Waals surface area contributed by atoms with E-state index in [0.717, 1.165) is 18.4 Å². The summed E-state index contributed by atoms with van der Waals surface area (Å²) in [5.41, 5.74) is 0.855. The van der Waals surface area contributed by atoms with Crippen LogP contribution in [0.5, 0.6) is 0 Å². The standard InChI is InChI=1S/C14H19ClN2O3/c1-2-3-7-12(13(18)19)17-14(20)16-9-10-5-4-6-11(15)8-10/h4-6,8,12H,2-3,7,9H2,1H3,(H,18,19)(H2,16,17,20). The molecular formula is C14H19ClN2O3. The van der Waals surface area contributed by atoms with Crippen molar-refractivity contribution in [2.24, 2.45) is 0 Å². The molecule has 0 spiro atoms. The van der Waals surface area contributed by atoms with E-state index in [1.165, 1.54) is 0 Å². The van der Waals surface area contributed by atoms with E-state index in [2.05, 4.69) is 10.6 Å². The number of carboxylic acid groups (broad SMARTS) is 1. The Hall–Kier alpha value is -1.75. The van der Waals surface area contributed by atoms with Crippen molar-refractivity contribution in [1.29, 1.82) is 0 Å². The third-order valence-corrected chi connectivity index (χ3v) is 3.03. The van der Waals surface area contributed by atoms with Crippen LogP contribution in [0.1, 0.15) is 31.7 Å². The number of rotatable bonds is 7. The molecule has 1 atom stereocenters. The molecule has 0 aromatic heterocycles. The summed E-state index contributed by atoms with van der Waals surface area (Å²) < 4.78 is 0. The quantitative estimate of drug-likeness (QED) is 0.724. The third-order valence-electron chi connectivity index (χ3n) is 2.79. The third kappa shape index (κ3) is 5.93. The Morgan fingerprint density at radius 2 is 2.15 bits per heavy atom. The predicted octanol–water partition coefficient (Wildman–Crippen LogP) is 2.78. The molecule has 0 heterocycles. The Labute approximate surface area is 123 Å². The minimum absolute atomic E-state index is 0.298. The normalized spacial score (nSPS) is 11.7. The summed E-state index contributed by atoms with van der Waals surface area (Å²) in [6, 6.07) is 5.77. The summed E-state index contributed by atoms with van der Waals surface area (Å²) in [4.78, 5) is 22.7. The smallest absolute Gasteiger partial charge is 0.326 e. The van der Waals surface area contributed by atoms with Gasteiger partial charge in [-0.1, -0.05) is 43.5 Å². The summed E-state index contributed by atoms with van der Waals surface area (Å²) >= 11 is 5.84. The lowest BCUT2D eigenvalue weighted by molar-refractivity contribution is -0.139. The van der Waals surface area contributed by atoms with Crippen LogP contribution in [-0.4, -0.2) is 23.1 Å². The van der Waals surface area contributed by atoms with Gasteiger partial charge in [0.05, 0.1) is 0 Å². The number of hydrogen-bond donors (Lipinski definition) is 3. The number of halogens is 1. The molecule has 0 bridgehead atoms. The van der Waals surface area contributed by atoms with E-state index in [1.807, 2.05) is 13.0 Å². The van der Waals surface area contributed by atoms with E-state index in [1.54, 1.807) is 18.2 Å². The topological polar surface area (TPSA) is 78.4 Å². The van der Waals surface area contributed by atoms with Crippen LogP contribution < -0.4 is 10.6 Å². The lowest BCUT2D eigenvalue weighted by Crippen LogP contribution is -2.45. The minimum Gasteiger partial charge on any atom is -0.480 e. The van der Waals surface area contributed by atoms with Gasteiger partial charge >= 0.3 is 12.0 Å². The molecule has 110 valence electrons. The number of hydrogen-bond acceptors (Lipinski definition) is 2. The number of unbranched alkanes of at least 4 members (excludes halogenated alkanes) is 1. The fraction of sp³-hybridized carbons (Fsp3) is 0.429. The fourth-order valence-electron chi connectivity index (χ4n) is 1.70. The fourth-order valence-corrected chi connectivity index (χ4v) is 1.92. The molecule has 6 heteroatoms. The average Bonchev–Trinajstić information content (AvgIpc) is 2.41. The van der Waals surface area contributed by atoms with Gasteiger partial charge in [0.1, 0.15) is 6.04 Å². The maximum Gasteiger partial charge on any atom is 0.326 e. The molecule has 2 amide bonds. The van der Waals surface area contributed by atoms with Crippen molar-refractivity contribution in [3.63, 3.8) is 0 Å². The summed E-state index contributed by atoms with van der Waals surface area (Å²) in [6.07, 6.45) is 2.07. The number of carbonyl (C=O) groups excluding carboxylic acids is 1. The van der Waals surface area contributed by atoms with Crippen molar-refractivity contribution in [2.45, 2.75) is 38.8 Å². The van der Waals surface area contributed by atoms with Gasteiger partial charge in [-0.05, 0) is 24.1 Å². The summed E-state index contributed by atoms with van der Waals surface area (Å²) in [6.45, 7) is 2.27. The largest absolute Gasteiger partial charge is 0.480 e. The van der Waals surface area contributed by atoms with E-state index in [-0.39, 0.29) is 0 Å². The second-order valence-corrected chi connectivity index (χ2v) is 4.93. The van der Waals surface area contributed by atoms with Crippen molar-refractivity contribution < 1.29 is 14.7 Å². The van der Waals surface area contributed by atoms with Crippen LogP contribution in [0.4, 0.5) is 4.79 Å². The van der Waals surface area contributed by atoms with Crippen LogP contribution in [-0.2, 0) is 11.3 Å². The first-order chi connectivity index (χ1) is 9.52. The molecule has 0 radical (unpaired) electrons. The first kappa shape index (κ1) is 16.3. The first-order valence-electron chi connectivity index (χ1n) is 6.54. The number of benzene rings is 1. The van der Waals surface area contributed by atoms with Crippen LogP contribution in [0.2, 0.25) is 5.02 Å². The highest BCUT2D eigenvalue weighted by molar-refractivity contribution is 6.30. The lowest BCUT2D eigenvalue weighted by Gasteiger charge is -2.14. The first-order valence-corrected chi connectivity index (χ1v) is 6.92. The lowest BCUT2D eigenvalue weighted by atomic mass is 10.1. The SMILES string of the molecule is CCCCC(NC(=O)NCc1cccc(Cl)c1)C(=O)O. The zero-order chi connectivity index (χ0) is 15.0. The van der Waals surface area contributed by atoms with Crippen molar-refractivity contribution >= 4 is 23.6 Å². The van der Waals surface area contributed by atoms with Gasteiger partial charge in [0, 0.05) is 11.6 Å². The van der Waals surface area contributed by atoms with Gasteiger partial charge in [0.25, 0.3) is 0 Å². The highest BCUT2D eigenvalue weighted by atomic mass is 35.5. The molecule has 1 unspecified atom stereocenters. The molecule has 20 heavy (non-hydrogen) atoms. The van der Waals surface area contributed by atoms with Gasteiger partial charge in [-0.2, -0.15) is 0 Å². The molecule has 0 aliphatic carbocycles. The van der Waals surface area contributed by atoms with E-state index >= 15 is 0 Å². The van der Waals surface area contributed by atoms with E-state index < -0.39 is 18.0 Å². The van der Waals surface area contributed by atoms with Crippen LogP contribution in [0.25, 0.3) is 0 Å². The highest BCUT2D eigenvalue weighted by Crippen LogP contribution is 2.10. The Morgan fingerprint density at radius 3 is 2.75 bits per heavy atom. The summed E-state index contributed by atoms with van der Waals surface area (Å²) in [5, 5.41) is 14.7. The van der Waals surface area contributed by atoms with E-state index in [9.17, 15) is 9.59 Å². The number of amides is 2. The van der Waals surface area contributed by atoms with Crippen LogP contribution in [0.3, 0.4) is 0 Å². The van der Waals surface area contributed by atoms with Gasteiger partial charge in [0.15, 0.2) is 0 Å². The van der Waals surface area contributed by atoms with E-state index in [0.29, 0.717) is 18.0 Å². The van der Waals surface area contributed by atoms with Gasteiger partial charge in [-0.25, -0.2) is 9.59 Å². The molecule has 1 aromatic carbocycles. The molecule has 0 fully saturated rings. The van der Waals surface area contributed by atoms with Crippen molar-refractivity contribution in [1.82, 2.24) is 10.6 Å². The molecular weight excluding hydrogens is 280 g/mol. The number of carboxylic acids is 1. The molecule has 3 N–H and O–H groups in total. The molecule has 0 saturated carbocycles. The van der Waals surface area contributed by atoms with Gasteiger partial charge in [-0.3, -0.25) is 0 Å². The highest BCUT2D eigenvalue weighted by Gasteiger charge is 2.18. The zero-order valence-corrected chi connectivity index (χ0v) is 12.1. The van der Waals surface area contributed by atoms with Gasteiger partial charge in [-0.15, -0.1) is 0 Å². The molecule has 0 aliphatic heterocycles. The molecule has 5 nitrogen and oxygen atoms in total. The maximum absolute atomic E-state index is 11.7. The van der Waals surface area contributed by atoms with Crippen molar-refractivity contribution in [3.05, 3.63) is 34.9 Å². The van der Waals surface area contributed by atoms with Crippen LogP contribution in [0, 0.1) is 0 Å². The van der Waals surface area contributed by atoms with Crippen LogP contribution >= 0.6 is 11.6 Å². The second-order valence-electron chi connectivity index (χ2n) is 4.49. The van der Waals surface area contributed by atoms with Crippen LogP contribution in [0.15, 0.2) is 24.3 Å².